The molecule has 4 N–H and O–H groups in total. The van der Waals surface area contributed by atoms with Crippen molar-refractivity contribution in [2.75, 3.05) is 27.2 Å². The standard InChI is InChI=1S/C44H56F2N8O4/c1-25(47-3)41(55)49-35-11-5-6-12-36(50-42(56)26(2)48-4)44(58)52-18-8-10-30(52)24-34-32-16-14-28(46)22-38(32)54-20-19-53-37-21-27(45)13-15-31(37)33(39(53)40(34)54)23-29-9-7-17-51(29)43(35)57/h13-16,21-22,25-26,29-30,35-36,47-48H,5-12,17-20,23-24H2,1-4H3,(H,49,55)(H,50,56)/t25-,26-,29-,30-,35+,36?/m0/s1. The molecule has 6 atom stereocenters. The third-order valence-corrected chi connectivity index (χ3v) is 13.4. The lowest BCUT2D eigenvalue weighted by Crippen LogP contribution is -2.54. The Morgan fingerprint density at radius 3 is 1.43 bits per heavy atom. The maximum absolute atomic E-state index is 15.1. The van der Waals surface area contributed by atoms with Crippen molar-refractivity contribution in [3.8, 4) is 11.4 Å². The highest BCUT2D eigenvalue weighted by Gasteiger charge is 2.40. The summed E-state index contributed by atoms with van der Waals surface area (Å²) in [6.07, 6.45) is 6.09. The van der Waals surface area contributed by atoms with E-state index in [1.54, 1.807) is 40.1 Å². The van der Waals surface area contributed by atoms with Crippen LogP contribution in [0.3, 0.4) is 0 Å². The molecule has 1 unspecified atom stereocenters. The topological polar surface area (TPSA) is 133 Å². The van der Waals surface area contributed by atoms with Gasteiger partial charge in [-0.3, -0.25) is 19.2 Å². The Hall–Kier alpha value is -4.82. The summed E-state index contributed by atoms with van der Waals surface area (Å²) < 4.78 is 34.6. The summed E-state index contributed by atoms with van der Waals surface area (Å²) >= 11 is 0. The second-order valence-corrected chi connectivity index (χ2v) is 16.8. The van der Waals surface area contributed by atoms with Crippen LogP contribution in [0.5, 0.6) is 0 Å². The number of hydrogen-bond acceptors (Lipinski definition) is 6. The monoisotopic (exact) mass is 798 g/mol. The molecular weight excluding hydrogens is 743 g/mol. The van der Waals surface area contributed by atoms with Gasteiger partial charge in [-0.2, -0.15) is 0 Å². The van der Waals surface area contributed by atoms with E-state index in [9.17, 15) is 19.2 Å². The van der Waals surface area contributed by atoms with E-state index in [1.165, 1.54) is 12.1 Å². The van der Waals surface area contributed by atoms with Gasteiger partial charge in [0.25, 0.3) is 0 Å². The van der Waals surface area contributed by atoms with Gasteiger partial charge in [-0.05, 0) is 127 Å². The van der Waals surface area contributed by atoms with Crippen molar-refractivity contribution < 1.29 is 28.0 Å². The molecule has 12 nitrogen and oxygen atoms in total. The van der Waals surface area contributed by atoms with Crippen LogP contribution in [0, 0.1) is 11.6 Å². The number of fused-ring (bicyclic) bond motifs is 8. The number of aromatic nitrogens is 2. The van der Waals surface area contributed by atoms with Crippen molar-refractivity contribution >= 4 is 45.4 Å². The van der Waals surface area contributed by atoms with Gasteiger partial charge < -0.3 is 40.2 Å². The largest absolute Gasteiger partial charge is 0.343 e. The number of carbonyl (C=O) groups excluding carboxylic acids is 4. The Labute approximate surface area is 338 Å². The number of benzene rings is 2. The summed E-state index contributed by atoms with van der Waals surface area (Å²) in [7, 11) is 3.40. The van der Waals surface area contributed by atoms with Gasteiger partial charge >= 0.3 is 0 Å². The van der Waals surface area contributed by atoms with Crippen molar-refractivity contribution in [2.45, 2.75) is 127 Å². The molecule has 0 spiro atoms. The lowest BCUT2D eigenvalue weighted by atomic mass is 9.94. The fourth-order valence-corrected chi connectivity index (χ4v) is 10.0. The van der Waals surface area contributed by atoms with Gasteiger partial charge in [0, 0.05) is 49.0 Å². The normalized spacial score (nSPS) is 23.9. The molecule has 2 aromatic carbocycles. The molecule has 0 bridgehead atoms. The molecule has 4 aliphatic rings. The Kier molecular flexibility index (Phi) is 11.3. The quantitative estimate of drug-likeness (QED) is 0.229. The summed E-state index contributed by atoms with van der Waals surface area (Å²) in [5.74, 6) is -1.50. The average Bonchev–Trinajstić information content (AvgIpc) is 4.01. The van der Waals surface area contributed by atoms with E-state index >= 15 is 8.78 Å². The van der Waals surface area contributed by atoms with E-state index in [4.69, 9.17) is 0 Å². The van der Waals surface area contributed by atoms with E-state index in [0.717, 1.165) is 70.0 Å². The second kappa shape index (κ2) is 16.4. The second-order valence-electron chi connectivity index (χ2n) is 16.8. The Morgan fingerprint density at radius 2 is 1.03 bits per heavy atom. The molecule has 14 heteroatoms. The zero-order valence-electron chi connectivity index (χ0n) is 34.0. The summed E-state index contributed by atoms with van der Waals surface area (Å²) in [6, 6.07) is 6.92. The molecule has 6 heterocycles. The van der Waals surface area contributed by atoms with E-state index < -0.39 is 24.2 Å². The van der Waals surface area contributed by atoms with E-state index in [-0.39, 0.29) is 47.3 Å². The summed E-state index contributed by atoms with van der Waals surface area (Å²) in [6.45, 7) is 5.70. The van der Waals surface area contributed by atoms with Gasteiger partial charge in [-0.15, -0.1) is 0 Å². The van der Waals surface area contributed by atoms with Gasteiger partial charge in [0.1, 0.15) is 23.7 Å². The van der Waals surface area contributed by atoms with Crippen LogP contribution in [-0.2, 0) is 45.1 Å². The summed E-state index contributed by atoms with van der Waals surface area (Å²) in [4.78, 5) is 59.8. The van der Waals surface area contributed by atoms with Crippen LogP contribution in [0.1, 0.15) is 76.3 Å². The minimum absolute atomic E-state index is 0.141. The first-order valence-corrected chi connectivity index (χ1v) is 21.2. The van der Waals surface area contributed by atoms with Gasteiger partial charge in [-0.1, -0.05) is 12.8 Å². The summed E-state index contributed by atoms with van der Waals surface area (Å²) in [5.41, 5.74) is 5.45. The van der Waals surface area contributed by atoms with Crippen LogP contribution < -0.4 is 21.3 Å². The molecule has 310 valence electrons. The number of likely N-dealkylation sites (N-methyl/N-ethyl adjacent to an activating group) is 2. The molecule has 4 aliphatic heterocycles. The van der Waals surface area contributed by atoms with Crippen molar-refractivity contribution in [1.29, 1.82) is 0 Å². The first kappa shape index (κ1) is 40.0. The lowest BCUT2D eigenvalue weighted by molar-refractivity contribution is -0.138. The molecule has 58 heavy (non-hydrogen) atoms. The van der Waals surface area contributed by atoms with E-state index in [1.807, 2.05) is 21.9 Å². The zero-order valence-corrected chi connectivity index (χ0v) is 34.0. The third-order valence-electron chi connectivity index (χ3n) is 13.4. The van der Waals surface area contributed by atoms with Crippen molar-refractivity contribution in [2.24, 2.45) is 0 Å². The van der Waals surface area contributed by atoms with Gasteiger partial charge in [0.15, 0.2) is 0 Å². The predicted molar refractivity (Wildman–Crippen MR) is 219 cm³/mol. The molecular formula is C44H56F2N8O4. The van der Waals surface area contributed by atoms with Gasteiger partial charge in [0.2, 0.25) is 23.6 Å². The number of carbonyl (C=O) groups is 4. The molecule has 8 rings (SSSR count). The zero-order chi connectivity index (χ0) is 40.8. The smallest absolute Gasteiger partial charge is 0.245 e. The third kappa shape index (κ3) is 7.27. The highest BCUT2D eigenvalue weighted by atomic mass is 19.1. The Bertz CT molecular complexity index is 2090. The number of nitrogens with one attached hydrogen (secondary N) is 4. The maximum Gasteiger partial charge on any atom is 0.245 e. The summed E-state index contributed by atoms with van der Waals surface area (Å²) in [5, 5.41) is 13.9. The molecule has 0 saturated carbocycles. The number of rotatable bonds is 6. The van der Waals surface area contributed by atoms with Crippen molar-refractivity contribution in [3.05, 3.63) is 59.2 Å². The van der Waals surface area contributed by atoms with Crippen LogP contribution in [0.15, 0.2) is 36.4 Å². The molecule has 4 aromatic rings. The van der Waals surface area contributed by atoms with Crippen LogP contribution in [0.25, 0.3) is 33.2 Å². The predicted octanol–water partition coefficient (Wildman–Crippen LogP) is 4.38. The minimum atomic E-state index is -0.781. The molecule has 0 radical (unpaired) electrons. The highest BCUT2D eigenvalue weighted by Crippen LogP contribution is 2.45. The van der Waals surface area contributed by atoms with Crippen LogP contribution in [0.4, 0.5) is 8.78 Å². The fourth-order valence-electron chi connectivity index (χ4n) is 10.0. The first-order chi connectivity index (χ1) is 28.0. The minimum Gasteiger partial charge on any atom is -0.343 e. The molecule has 4 amide bonds. The van der Waals surface area contributed by atoms with Gasteiger partial charge in [0.05, 0.1) is 34.5 Å². The average molecular weight is 799 g/mol. The fraction of sp³-hybridized carbons (Fsp3) is 0.545. The number of amides is 4. The van der Waals surface area contributed by atoms with Crippen LogP contribution >= 0.6 is 0 Å². The van der Waals surface area contributed by atoms with E-state index in [0.29, 0.717) is 64.7 Å². The number of aryl methyl sites for hydroxylation is 2. The Balaban J connectivity index is 1.29. The number of nitrogens with zero attached hydrogens (tertiary/aromatic N) is 4. The number of hydrogen-bond donors (Lipinski definition) is 4. The molecule has 2 aromatic heterocycles. The lowest BCUT2D eigenvalue weighted by Gasteiger charge is -2.32. The van der Waals surface area contributed by atoms with Crippen molar-refractivity contribution in [3.63, 3.8) is 0 Å². The first-order valence-electron chi connectivity index (χ1n) is 21.2. The van der Waals surface area contributed by atoms with Crippen LogP contribution in [-0.4, -0.2) is 106 Å². The van der Waals surface area contributed by atoms with E-state index in [2.05, 4.69) is 30.4 Å². The number of halogens is 2. The highest BCUT2D eigenvalue weighted by molar-refractivity contribution is 5.98. The maximum atomic E-state index is 15.1. The SMILES string of the molecule is CN[C@@H](C)C(=O)NC1CCCC[C@@H](NC(=O)[C@H](C)NC)C(=O)N2CCC[C@H]2Cc2c3n(c4cc(F)ccc24)CCn2c-3c(c3ccc(F)cc32)C[C@@H]2CCCN2C1=O. The van der Waals surface area contributed by atoms with Gasteiger partial charge in [-0.25, -0.2) is 8.78 Å². The Morgan fingerprint density at radius 1 is 0.621 bits per heavy atom. The molecule has 0 aliphatic carbocycles. The van der Waals surface area contributed by atoms with Crippen LogP contribution in [0.2, 0.25) is 0 Å². The molecule has 2 fully saturated rings. The van der Waals surface area contributed by atoms with Crippen molar-refractivity contribution in [1.82, 2.24) is 40.2 Å². The molecule has 2 saturated heterocycles.